The van der Waals surface area contributed by atoms with Crippen molar-refractivity contribution in [2.75, 3.05) is 12.4 Å². The van der Waals surface area contributed by atoms with Gasteiger partial charge in [-0.15, -0.1) is 0 Å². The van der Waals surface area contributed by atoms with E-state index in [1.54, 1.807) is 0 Å². The van der Waals surface area contributed by atoms with E-state index in [1.165, 1.54) is 37.7 Å². The van der Waals surface area contributed by atoms with Gasteiger partial charge >= 0.3 is 0 Å². The second-order valence-corrected chi connectivity index (χ2v) is 10.9. The second-order valence-electron chi connectivity index (χ2n) is 9.37. The highest BCUT2D eigenvalue weighted by atomic mass is 32.2. The molecule has 0 aromatic heterocycles. The molecule has 1 aromatic rings. The predicted molar refractivity (Wildman–Crippen MR) is 132 cm³/mol. The summed E-state index contributed by atoms with van der Waals surface area (Å²) in [5.74, 6) is 1.64. The van der Waals surface area contributed by atoms with Crippen LogP contribution in [0.2, 0.25) is 0 Å². The summed E-state index contributed by atoms with van der Waals surface area (Å²) in [6.45, 7) is 11.1. The third-order valence-electron chi connectivity index (χ3n) is 6.51. The highest BCUT2D eigenvalue weighted by Gasteiger charge is 2.32. The Morgan fingerprint density at radius 3 is 2.44 bits per heavy atom. The first-order chi connectivity index (χ1) is 15.1. The van der Waals surface area contributed by atoms with Gasteiger partial charge in [-0.05, 0) is 89.0 Å². The zero-order chi connectivity index (χ0) is 23.8. The molecule has 0 aliphatic carbocycles. The van der Waals surface area contributed by atoms with Gasteiger partial charge in [0.1, 0.15) is 17.1 Å². The third-order valence-corrected chi connectivity index (χ3v) is 7.31. The highest BCUT2D eigenvalue weighted by Crippen LogP contribution is 2.44. The maximum absolute atomic E-state index is 10.9. The molecule has 1 heterocycles. The molecule has 0 spiro atoms. The van der Waals surface area contributed by atoms with Crippen molar-refractivity contribution in [1.29, 1.82) is 0 Å². The molecule has 0 amide bonds. The number of ether oxygens (including phenoxy) is 2. The van der Waals surface area contributed by atoms with Crippen molar-refractivity contribution in [2.45, 2.75) is 104 Å². The monoisotopic (exact) mass is 466 g/mol. The number of unbranched alkanes of at least 4 members (excludes halogenated alkanes) is 6. The Hall–Kier alpha value is -1.53. The number of hydrogen-bond donors (Lipinski definition) is 1. The van der Waals surface area contributed by atoms with Crippen molar-refractivity contribution in [1.82, 2.24) is 0 Å². The van der Waals surface area contributed by atoms with Crippen molar-refractivity contribution >= 4 is 10.1 Å². The molecule has 1 aliphatic heterocycles. The lowest BCUT2D eigenvalue weighted by Gasteiger charge is -2.36. The van der Waals surface area contributed by atoms with Crippen molar-refractivity contribution in [3.8, 4) is 11.5 Å². The molecule has 0 radical (unpaired) electrons. The van der Waals surface area contributed by atoms with Gasteiger partial charge in [-0.3, -0.25) is 4.55 Å². The summed E-state index contributed by atoms with van der Waals surface area (Å²) in [4.78, 5) is 0. The van der Waals surface area contributed by atoms with E-state index >= 15 is 0 Å². The minimum absolute atomic E-state index is 0.226. The highest BCUT2D eigenvalue weighted by molar-refractivity contribution is 7.85. The molecule has 1 atom stereocenters. The predicted octanol–water partition coefficient (Wildman–Crippen LogP) is 6.66. The molecule has 0 fully saturated rings. The van der Waals surface area contributed by atoms with Crippen molar-refractivity contribution in [2.24, 2.45) is 0 Å². The van der Waals surface area contributed by atoms with Crippen LogP contribution in [-0.2, 0) is 16.5 Å². The van der Waals surface area contributed by atoms with Gasteiger partial charge in [0.05, 0.1) is 12.4 Å². The Bertz CT molecular complexity index is 888. The van der Waals surface area contributed by atoms with Gasteiger partial charge in [-0.2, -0.15) is 8.42 Å². The summed E-state index contributed by atoms with van der Waals surface area (Å²) in [6, 6.07) is 0. The standard InChI is InChI=1S/C26H42O5S/c1-6-7-8-9-10-11-12-16-26(5)17-15-23-22(4)24(20(2)21(3)25(23)31-26)30-18-13-14-19-32(27,28)29/h12,16H,6-11,13-15,17-19H2,1-5H3,(H,27,28,29)/b16-12+. The molecular formula is C26H42O5S. The second kappa shape index (κ2) is 12.1. The molecular weight excluding hydrogens is 424 g/mol. The largest absolute Gasteiger partial charge is 0.493 e. The summed E-state index contributed by atoms with van der Waals surface area (Å²) in [7, 11) is -3.91. The van der Waals surface area contributed by atoms with Crippen LogP contribution in [-0.4, -0.2) is 30.9 Å². The normalized spacial score (nSPS) is 18.6. The molecule has 1 unspecified atom stereocenters. The molecule has 0 saturated carbocycles. The van der Waals surface area contributed by atoms with Gasteiger partial charge in [-0.1, -0.05) is 38.7 Å². The van der Waals surface area contributed by atoms with Gasteiger partial charge in [0.15, 0.2) is 0 Å². The van der Waals surface area contributed by atoms with E-state index < -0.39 is 10.1 Å². The van der Waals surface area contributed by atoms with Crippen molar-refractivity contribution < 1.29 is 22.4 Å². The Labute approximate surface area is 195 Å². The molecule has 0 saturated heterocycles. The summed E-state index contributed by atoms with van der Waals surface area (Å²) in [5, 5.41) is 0. The van der Waals surface area contributed by atoms with Crippen LogP contribution in [0.1, 0.15) is 93.9 Å². The molecule has 0 bridgehead atoms. The quantitative estimate of drug-likeness (QED) is 0.200. The number of rotatable bonds is 13. The van der Waals surface area contributed by atoms with E-state index in [-0.39, 0.29) is 11.4 Å². The van der Waals surface area contributed by atoms with E-state index in [2.05, 4.69) is 46.8 Å². The lowest BCUT2D eigenvalue weighted by atomic mass is 9.86. The van der Waals surface area contributed by atoms with Crippen LogP contribution in [0.15, 0.2) is 12.2 Å². The topological polar surface area (TPSA) is 72.8 Å². The Morgan fingerprint density at radius 1 is 1.03 bits per heavy atom. The van der Waals surface area contributed by atoms with Gasteiger partial charge in [-0.25, -0.2) is 0 Å². The van der Waals surface area contributed by atoms with Crippen LogP contribution in [0.3, 0.4) is 0 Å². The van der Waals surface area contributed by atoms with Crippen molar-refractivity contribution in [3.05, 3.63) is 34.4 Å². The molecule has 32 heavy (non-hydrogen) atoms. The smallest absolute Gasteiger partial charge is 0.264 e. The van der Waals surface area contributed by atoms with Crippen LogP contribution >= 0.6 is 0 Å². The maximum atomic E-state index is 10.9. The SMILES string of the molecule is CCCCCCC/C=C/C1(C)CCc2c(C)c(OCCCCS(=O)(=O)O)c(C)c(C)c2O1. The third kappa shape index (κ3) is 7.80. The minimum Gasteiger partial charge on any atom is -0.493 e. The lowest BCUT2D eigenvalue weighted by Crippen LogP contribution is -2.35. The number of hydrogen-bond acceptors (Lipinski definition) is 4. The maximum Gasteiger partial charge on any atom is 0.264 e. The fourth-order valence-corrected chi connectivity index (χ4v) is 4.91. The van der Waals surface area contributed by atoms with Crippen LogP contribution in [0.5, 0.6) is 11.5 Å². The van der Waals surface area contributed by atoms with Gasteiger partial charge in [0, 0.05) is 5.56 Å². The Balaban J connectivity index is 2.01. The zero-order valence-corrected chi connectivity index (χ0v) is 21.4. The van der Waals surface area contributed by atoms with E-state index in [1.807, 2.05) is 0 Å². The van der Waals surface area contributed by atoms with E-state index in [9.17, 15) is 8.42 Å². The fourth-order valence-electron chi connectivity index (χ4n) is 4.35. The molecule has 182 valence electrons. The minimum atomic E-state index is -3.91. The first-order valence-corrected chi connectivity index (χ1v) is 13.8. The summed E-state index contributed by atoms with van der Waals surface area (Å²) >= 11 is 0. The Morgan fingerprint density at radius 2 is 1.75 bits per heavy atom. The summed E-state index contributed by atoms with van der Waals surface area (Å²) < 4.78 is 43.2. The van der Waals surface area contributed by atoms with E-state index in [4.69, 9.17) is 14.0 Å². The molecule has 1 aromatic carbocycles. The van der Waals surface area contributed by atoms with Crippen LogP contribution in [0, 0.1) is 20.8 Å². The molecule has 2 rings (SSSR count). The van der Waals surface area contributed by atoms with Gasteiger partial charge < -0.3 is 9.47 Å². The molecule has 6 heteroatoms. The average Bonchev–Trinajstić information content (AvgIpc) is 2.72. The molecule has 1 N–H and O–H groups in total. The zero-order valence-electron chi connectivity index (χ0n) is 20.6. The fraction of sp³-hybridized carbons (Fsp3) is 0.692. The first-order valence-electron chi connectivity index (χ1n) is 12.2. The molecule has 5 nitrogen and oxygen atoms in total. The van der Waals surface area contributed by atoms with Gasteiger partial charge in [0.25, 0.3) is 10.1 Å². The molecule has 1 aliphatic rings. The van der Waals surface area contributed by atoms with Crippen LogP contribution in [0.25, 0.3) is 0 Å². The van der Waals surface area contributed by atoms with E-state index in [0.717, 1.165) is 47.5 Å². The lowest BCUT2D eigenvalue weighted by molar-refractivity contribution is 0.112. The average molecular weight is 467 g/mol. The first kappa shape index (κ1) is 26.7. The summed E-state index contributed by atoms with van der Waals surface area (Å²) in [5.41, 5.74) is 4.22. The summed E-state index contributed by atoms with van der Waals surface area (Å²) in [6.07, 6.45) is 15.0. The Kier molecular flexibility index (Phi) is 10.1. The number of benzene rings is 1. The number of fused-ring (bicyclic) bond motifs is 1. The number of allylic oxidation sites excluding steroid dienone is 1. The van der Waals surface area contributed by atoms with Crippen LogP contribution in [0.4, 0.5) is 0 Å². The van der Waals surface area contributed by atoms with Crippen LogP contribution < -0.4 is 9.47 Å². The van der Waals surface area contributed by atoms with Gasteiger partial charge in [0.2, 0.25) is 0 Å². The van der Waals surface area contributed by atoms with E-state index in [0.29, 0.717) is 19.4 Å². The van der Waals surface area contributed by atoms with Crippen molar-refractivity contribution in [3.63, 3.8) is 0 Å².